The fraction of sp³-hybridized carbons (Fsp3) is 0.429. The number of hydrazine groups is 1. The van der Waals surface area contributed by atoms with Gasteiger partial charge >= 0.3 is 0 Å². The first-order valence-electron chi connectivity index (χ1n) is 9.16. The molecule has 2 aliphatic heterocycles. The second kappa shape index (κ2) is 6.99. The highest BCUT2D eigenvalue weighted by Crippen LogP contribution is 2.41. The zero-order chi connectivity index (χ0) is 17.4. The van der Waals surface area contributed by atoms with Crippen molar-refractivity contribution in [1.82, 2.24) is 5.01 Å². The van der Waals surface area contributed by atoms with E-state index < -0.39 is 0 Å². The molecule has 0 bridgehead atoms. The number of rotatable bonds is 3. The Morgan fingerprint density at radius 3 is 2.84 bits per heavy atom. The van der Waals surface area contributed by atoms with Gasteiger partial charge in [-0.2, -0.15) is 0 Å². The number of piperidine rings is 1. The van der Waals surface area contributed by atoms with Crippen LogP contribution in [0.5, 0.6) is 5.75 Å². The fourth-order valence-electron chi connectivity index (χ4n) is 4.43. The van der Waals surface area contributed by atoms with Crippen molar-refractivity contribution in [3.05, 3.63) is 64.2 Å². The van der Waals surface area contributed by atoms with Crippen molar-refractivity contribution in [2.45, 2.75) is 44.8 Å². The van der Waals surface area contributed by atoms with Crippen LogP contribution in [0.2, 0.25) is 5.02 Å². The highest BCUT2D eigenvalue weighted by molar-refractivity contribution is 6.30. The number of nitrogens with two attached hydrogens (primary N) is 1. The summed E-state index contributed by atoms with van der Waals surface area (Å²) in [6, 6.07) is 15.0. The molecule has 4 rings (SSSR count). The highest BCUT2D eigenvalue weighted by atomic mass is 35.5. The molecular formula is C21H25ClN2O. The van der Waals surface area contributed by atoms with Crippen LogP contribution in [0.4, 0.5) is 0 Å². The van der Waals surface area contributed by atoms with Gasteiger partial charge in [-0.1, -0.05) is 41.9 Å². The number of fused-ring (bicyclic) bond motifs is 1. The summed E-state index contributed by atoms with van der Waals surface area (Å²) in [6.07, 6.45) is 4.42. The Labute approximate surface area is 154 Å². The lowest BCUT2D eigenvalue weighted by molar-refractivity contribution is 0.0921. The molecule has 0 aliphatic carbocycles. The molecular weight excluding hydrogens is 332 g/mol. The minimum absolute atomic E-state index is 0.231. The zero-order valence-corrected chi connectivity index (χ0v) is 15.4. The van der Waals surface area contributed by atoms with Crippen LogP contribution >= 0.6 is 11.6 Å². The van der Waals surface area contributed by atoms with Crippen LogP contribution in [0.25, 0.3) is 0 Å². The van der Waals surface area contributed by atoms with Crippen LogP contribution < -0.4 is 10.6 Å². The predicted octanol–water partition coefficient (Wildman–Crippen LogP) is 4.53. The number of ether oxygens (including phenoxy) is 1. The van der Waals surface area contributed by atoms with Crippen LogP contribution in [-0.2, 0) is 12.8 Å². The Morgan fingerprint density at radius 1 is 1.24 bits per heavy atom. The van der Waals surface area contributed by atoms with Crippen molar-refractivity contribution in [3.8, 4) is 5.75 Å². The summed E-state index contributed by atoms with van der Waals surface area (Å²) in [5.74, 6) is 7.91. The molecule has 4 heteroatoms. The van der Waals surface area contributed by atoms with Crippen molar-refractivity contribution < 1.29 is 4.74 Å². The van der Waals surface area contributed by atoms with Gasteiger partial charge in [0.2, 0.25) is 0 Å². The maximum Gasteiger partial charge on any atom is 0.126 e. The van der Waals surface area contributed by atoms with Gasteiger partial charge in [-0.25, -0.2) is 5.01 Å². The lowest BCUT2D eigenvalue weighted by atomic mass is 9.81. The molecule has 1 unspecified atom stereocenters. The van der Waals surface area contributed by atoms with Crippen molar-refractivity contribution in [3.63, 3.8) is 0 Å². The molecule has 132 valence electrons. The van der Waals surface area contributed by atoms with E-state index in [4.69, 9.17) is 22.2 Å². The van der Waals surface area contributed by atoms with Gasteiger partial charge in [-0.15, -0.1) is 0 Å². The second-order valence-corrected chi connectivity index (χ2v) is 7.82. The molecule has 0 aromatic heterocycles. The SMILES string of the molecule is C[C@H]1Cc2cc(Cl)cc(C[C@@H]3CCCN(N)C3c3ccccc3)c2O1. The molecule has 3 atom stereocenters. The standard InChI is InChI=1S/C21H25ClN2O/c1-14-10-17-12-19(22)13-18(21(17)25-14)11-16-8-5-9-24(23)20(16)15-6-3-2-4-7-15/h2-4,6-7,12-14,16,20H,5,8-11,23H2,1H3/t14-,16-,20?/m0/s1. The van der Waals surface area contributed by atoms with E-state index in [-0.39, 0.29) is 12.1 Å². The third-order valence-corrected chi connectivity index (χ3v) is 5.67. The molecule has 3 nitrogen and oxygen atoms in total. The van der Waals surface area contributed by atoms with E-state index in [0.717, 1.165) is 36.6 Å². The van der Waals surface area contributed by atoms with E-state index in [0.29, 0.717) is 5.92 Å². The Kier molecular flexibility index (Phi) is 4.72. The van der Waals surface area contributed by atoms with Gasteiger partial charge in [0.1, 0.15) is 11.9 Å². The van der Waals surface area contributed by atoms with Gasteiger partial charge in [0.15, 0.2) is 0 Å². The summed E-state index contributed by atoms with van der Waals surface area (Å²) in [6.45, 7) is 3.06. The van der Waals surface area contributed by atoms with Gasteiger partial charge in [-0.05, 0) is 60.9 Å². The van der Waals surface area contributed by atoms with Crippen molar-refractivity contribution in [1.29, 1.82) is 0 Å². The molecule has 2 heterocycles. The largest absolute Gasteiger partial charge is 0.490 e. The first kappa shape index (κ1) is 16.9. The summed E-state index contributed by atoms with van der Waals surface area (Å²) in [7, 11) is 0. The van der Waals surface area contributed by atoms with Crippen molar-refractivity contribution in [2.24, 2.45) is 11.8 Å². The first-order valence-corrected chi connectivity index (χ1v) is 9.54. The van der Waals surface area contributed by atoms with E-state index in [2.05, 4.69) is 49.4 Å². The Bertz CT molecular complexity index is 749. The molecule has 2 aromatic carbocycles. The fourth-order valence-corrected chi connectivity index (χ4v) is 4.70. The maximum atomic E-state index is 6.40. The number of benzene rings is 2. The average Bonchev–Trinajstić information content (AvgIpc) is 2.96. The van der Waals surface area contributed by atoms with Crippen LogP contribution in [-0.4, -0.2) is 17.7 Å². The summed E-state index contributed by atoms with van der Waals surface area (Å²) < 4.78 is 6.10. The van der Waals surface area contributed by atoms with Crippen LogP contribution in [0.3, 0.4) is 0 Å². The number of halogens is 1. The average molecular weight is 357 g/mol. The second-order valence-electron chi connectivity index (χ2n) is 7.39. The minimum atomic E-state index is 0.231. The summed E-state index contributed by atoms with van der Waals surface area (Å²) in [5.41, 5.74) is 3.77. The zero-order valence-electron chi connectivity index (χ0n) is 14.6. The number of nitrogens with zero attached hydrogens (tertiary/aromatic N) is 1. The topological polar surface area (TPSA) is 38.5 Å². The number of hydrogen-bond donors (Lipinski definition) is 1. The molecule has 2 aromatic rings. The first-order chi connectivity index (χ1) is 12.1. The Balaban J connectivity index is 1.65. The molecule has 0 saturated carbocycles. The van der Waals surface area contributed by atoms with Gasteiger partial charge in [0, 0.05) is 18.0 Å². The predicted molar refractivity (Wildman–Crippen MR) is 102 cm³/mol. The summed E-state index contributed by atoms with van der Waals surface area (Å²) in [5, 5.41) is 2.82. The van der Waals surface area contributed by atoms with Crippen LogP contribution in [0.15, 0.2) is 42.5 Å². The lowest BCUT2D eigenvalue weighted by Gasteiger charge is -2.39. The molecule has 0 amide bonds. The van der Waals surface area contributed by atoms with Gasteiger partial charge < -0.3 is 4.74 Å². The van der Waals surface area contributed by atoms with Crippen molar-refractivity contribution >= 4 is 11.6 Å². The molecule has 2 N–H and O–H groups in total. The minimum Gasteiger partial charge on any atom is -0.490 e. The molecule has 25 heavy (non-hydrogen) atoms. The van der Waals surface area contributed by atoms with E-state index in [1.165, 1.54) is 23.1 Å². The Morgan fingerprint density at radius 2 is 2.04 bits per heavy atom. The molecule has 2 aliphatic rings. The van der Waals surface area contributed by atoms with Gasteiger partial charge in [0.25, 0.3) is 0 Å². The molecule has 0 spiro atoms. The lowest BCUT2D eigenvalue weighted by Crippen LogP contribution is -2.44. The van der Waals surface area contributed by atoms with Gasteiger partial charge in [0.05, 0.1) is 6.04 Å². The molecule has 0 radical (unpaired) electrons. The summed E-state index contributed by atoms with van der Waals surface area (Å²) >= 11 is 6.39. The van der Waals surface area contributed by atoms with E-state index in [1.807, 2.05) is 5.01 Å². The molecule has 1 fully saturated rings. The van der Waals surface area contributed by atoms with E-state index in [9.17, 15) is 0 Å². The van der Waals surface area contributed by atoms with E-state index in [1.54, 1.807) is 0 Å². The molecule has 1 saturated heterocycles. The Hall–Kier alpha value is -1.55. The smallest absolute Gasteiger partial charge is 0.126 e. The third kappa shape index (κ3) is 3.41. The van der Waals surface area contributed by atoms with Crippen LogP contribution in [0, 0.1) is 5.92 Å². The van der Waals surface area contributed by atoms with Crippen LogP contribution in [0.1, 0.15) is 42.5 Å². The van der Waals surface area contributed by atoms with E-state index >= 15 is 0 Å². The normalized spacial score (nSPS) is 26.3. The van der Waals surface area contributed by atoms with Gasteiger partial charge in [-0.3, -0.25) is 5.84 Å². The summed E-state index contributed by atoms with van der Waals surface area (Å²) in [4.78, 5) is 0. The number of hydrogen-bond acceptors (Lipinski definition) is 3. The maximum absolute atomic E-state index is 6.40. The third-order valence-electron chi connectivity index (χ3n) is 5.45. The van der Waals surface area contributed by atoms with Crippen molar-refractivity contribution in [2.75, 3.05) is 6.54 Å². The monoisotopic (exact) mass is 356 g/mol. The highest BCUT2D eigenvalue weighted by Gasteiger charge is 2.33. The quantitative estimate of drug-likeness (QED) is 0.821.